The topological polar surface area (TPSA) is 62.1 Å². The Balaban J connectivity index is 2.00. The van der Waals surface area contributed by atoms with Gasteiger partial charge in [-0.05, 0) is 30.7 Å². The summed E-state index contributed by atoms with van der Waals surface area (Å²) < 4.78 is 18.4. The number of carbonyl (C=O) groups excluding carboxylic acids is 1. The van der Waals surface area contributed by atoms with Crippen LogP contribution in [0.5, 0.6) is 5.75 Å². The number of aryl methyl sites for hydroxylation is 1. The second-order valence-corrected chi connectivity index (χ2v) is 4.40. The summed E-state index contributed by atoms with van der Waals surface area (Å²) in [5.41, 5.74) is 1.53. The minimum absolute atomic E-state index is 0.260. The van der Waals surface area contributed by atoms with Gasteiger partial charge in [0.2, 0.25) is 0 Å². The quantitative estimate of drug-likeness (QED) is 0.938. The minimum atomic E-state index is -0.425. The van der Waals surface area contributed by atoms with Crippen LogP contribution >= 0.6 is 0 Å². The second kappa shape index (κ2) is 6.53. The normalized spacial score (nSPS) is 9.76. The Morgan fingerprint density at radius 1 is 1.33 bits per heavy atom. The molecule has 0 saturated carbocycles. The number of nitriles is 1. The van der Waals surface area contributed by atoms with Crippen molar-refractivity contribution in [1.82, 2.24) is 0 Å². The van der Waals surface area contributed by atoms with Crippen molar-refractivity contribution in [1.29, 1.82) is 5.26 Å². The van der Waals surface area contributed by atoms with Gasteiger partial charge < -0.3 is 10.1 Å². The van der Waals surface area contributed by atoms with E-state index in [2.05, 4.69) is 5.32 Å². The third kappa shape index (κ3) is 3.80. The van der Waals surface area contributed by atoms with Gasteiger partial charge in [0.25, 0.3) is 5.91 Å². The summed E-state index contributed by atoms with van der Waals surface area (Å²) in [4.78, 5) is 11.8. The predicted octanol–water partition coefficient (Wildman–Crippen LogP) is 3.02. The summed E-state index contributed by atoms with van der Waals surface area (Å²) in [6.07, 6.45) is 0. The molecular formula is C16H13FN2O2. The van der Waals surface area contributed by atoms with E-state index in [0.717, 1.165) is 5.56 Å². The van der Waals surface area contributed by atoms with Crippen LogP contribution in [0.3, 0.4) is 0 Å². The van der Waals surface area contributed by atoms with Crippen LogP contribution < -0.4 is 10.1 Å². The molecule has 0 aromatic heterocycles. The van der Waals surface area contributed by atoms with Crippen molar-refractivity contribution in [3.63, 3.8) is 0 Å². The maximum absolute atomic E-state index is 13.1. The molecule has 0 aliphatic rings. The molecule has 0 saturated heterocycles. The van der Waals surface area contributed by atoms with Gasteiger partial charge in [0.05, 0.1) is 11.3 Å². The van der Waals surface area contributed by atoms with Gasteiger partial charge in [-0.3, -0.25) is 4.79 Å². The van der Waals surface area contributed by atoms with E-state index in [1.807, 2.05) is 6.07 Å². The Labute approximate surface area is 121 Å². The lowest BCUT2D eigenvalue weighted by Gasteiger charge is -2.10. The molecule has 1 amide bonds. The number of nitrogens with zero attached hydrogens (tertiary/aromatic N) is 1. The van der Waals surface area contributed by atoms with E-state index < -0.39 is 11.7 Å². The van der Waals surface area contributed by atoms with Gasteiger partial charge in [-0.2, -0.15) is 5.26 Å². The third-order valence-corrected chi connectivity index (χ3v) is 2.83. The van der Waals surface area contributed by atoms with E-state index in [0.29, 0.717) is 17.0 Å². The fraction of sp³-hybridized carbons (Fsp3) is 0.125. The smallest absolute Gasteiger partial charge is 0.262 e. The first-order valence-electron chi connectivity index (χ1n) is 6.28. The SMILES string of the molecule is Cc1ccc(F)cc1OCC(=O)Nc1ccccc1C#N. The molecule has 1 N–H and O–H groups in total. The highest BCUT2D eigenvalue weighted by Gasteiger charge is 2.08. The first-order chi connectivity index (χ1) is 10.1. The van der Waals surface area contributed by atoms with Crippen molar-refractivity contribution in [2.45, 2.75) is 6.92 Å². The Hall–Kier alpha value is -2.87. The van der Waals surface area contributed by atoms with E-state index in [9.17, 15) is 9.18 Å². The molecule has 5 heteroatoms. The zero-order valence-electron chi connectivity index (χ0n) is 11.4. The number of halogens is 1. The summed E-state index contributed by atoms with van der Waals surface area (Å²) in [7, 11) is 0. The Morgan fingerprint density at radius 3 is 2.86 bits per heavy atom. The van der Waals surface area contributed by atoms with E-state index in [4.69, 9.17) is 10.00 Å². The molecule has 0 heterocycles. The molecule has 0 radical (unpaired) electrons. The average molecular weight is 284 g/mol. The van der Waals surface area contributed by atoms with E-state index >= 15 is 0 Å². The third-order valence-electron chi connectivity index (χ3n) is 2.83. The highest BCUT2D eigenvalue weighted by Crippen LogP contribution is 2.19. The standard InChI is InChI=1S/C16H13FN2O2/c1-11-6-7-13(17)8-15(11)21-10-16(20)19-14-5-3-2-4-12(14)9-18/h2-8H,10H2,1H3,(H,19,20). The number of rotatable bonds is 4. The van der Waals surface area contributed by atoms with Gasteiger partial charge in [0.1, 0.15) is 17.6 Å². The fourth-order valence-electron chi connectivity index (χ4n) is 1.75. The van der Waals surface area contributed by atoms with E-state index in [1.54, 1.807) is 37.3 Å². The number of para-hydroxylation sites is 1. The summed E-state index contributed by atoms with van der Waals surface area (Å²) in [5.74, 6) is -0.522. The lowest BCUT2D eigenvalue weighted by Crippen LogP contribution is -2.21. The number of hydrogen-bond donors (Lipinski definition) is 1. The summed E-state index contributed by atoms with van der Waals surface area (Å²) >= 11 is 0. The number of nitrogens with one attached hydrogen (secondary N) is 1. The summed E-state index contributed by atoms with van der Waals surface area (Å²) in [5, 5.41) is 11.5. The van der Waals surface area contributed by atoms with Crippen molar-refractivity contribution < 1.29 is 13.9 Å². The zero-order chi connectivity index (χ0) is 15.2. The van der Waals surface area contributed by atoms with Gasteiger partial charge in [-0.15, -0.1) is 0 Å². The monoisotopic (exact) mass is 284 g/mol. The Morgan fingerprint density at radius 2 is 2.10 bits per heavy atom. The highest BCUT2D eigenvalue weighted by atomic mass is 19.1. The zero-order valence-corrected chi connectivity index (χ0v) is 11.4. The molecule has 0 fully saturated rings. The molecule has 106 valence electrons. The van der Waals surface area contributed by atoms with Crippen molar-refractivity contribution in [2.24, 2.45) is 0 Å². The van der Waals surface area contributed by atoms with Crippen LogP contribution in [0.25, 0.3) is 0 Å². The number of ether oxygens (including phenoxy) is 1. The molecule has 0 bridgehead atoms. The van der Waals surface area contributed by atoms with Gasteiger partial charge in [0, 0.05) is 6.07 Å². The lowest BCUT2D eigenvalue weighted by molar-refractivity contribution is -0.118. The van der Waals surface area contributed by atoms with Crippen LogP contribution in [-0.4, -0.2) is 12.5 Å². The molecule has 2 rings (SSSR count). The molecule has 0 aliphatic heterocycles. The number of carbonyl (C=O) groups is 1. The van der Waals surface area contributed by atoms with Crippen molar-refractivity contribution in [3.05, 3.63) is 59.4 Å². The van der Waals surface area contributed by atoms with Crippen molar-refractivity contribution in [3.8, 4) is 11.8 Å². The van der Waals surface area contributed by atoms with Crippen molar-refractivity contribution in [2.75, 3.05) is 11.9 Å². The molecule has 21 heavy (non-hydrogen) atoms. The minimum Gasteiger partial charge on any atom is -0.483 e. The molecule has 2 aromatic rings. The van der Waals surface area contributed by atoms with Crippen LogP contribution in [0, 0.1) is 24.1 Å². The first-order valence-corrected chi connectivity index (χ1v) is 6.28. The molecular weight excluding hydrogens is 271 g/mol. The van der Waals surface area contributed by atoms with Crippen LogP contribution in [0.15, 0.2) is 42.5 Å². The molecule has 4 nitrogen and oxygen atoms in total. The van der Waals surface area contributed by atoms with E-state index in [-0.39, 0.29) is 6.61 Å². The molecule has 2 aromatic carbocycles. The Kier molecular flexibility index (Phi) is 4.52. The van der Waals surface area contributed by atoms with Crippen LogP contribution in [0.2, 0.25) is 0 Å². The number of hydrogen-bond acceptors (Lipinski definition) is 3. The van der Waals surface area contributed by atoms with Crippen molar-refractivity contribution >= 4 is 11.6 Å². The second-order valence-electron chi connectivity index (χ2n) is 4.40. The number of benzene rings is 2. The van der Waals surface area contributed by atoms with Gasteiger partial charge in [0.15, 0.2) is 6.61 Å². The van der Waals surface area contributed by atoms with Crippen LogP contribution in [0.1, 0.15) is 11.1 Å². The highest BCUT2D eigenvalue weighted by molar-refractivity contribution is 5.93. The largest absolute Gasteiger partial charge is 0.483 e. The van der Waals surface area contributed by atoms with Crippen LogP contribution in [0.4, 0.5) is 10.1 Å². The van der Waals surface area contributed by atoms with Crippen LogP contribution in [-0.2, 0) is 4.79 Å². The van der Waals surface area contributed by atoms with Gasteiger partial charge in [-0.1, -0.05) is 18.2 Å². The fourth-order valence-corrected chi connectivity index (χ4v) is 1.75. The molecule has 0 spiro atoms. The summed E-state index contributed by atoms with van der Waals surface area (Å²) in [6.45, 7) is 1.50. The Bertz CT molecular complexity index is 708. The lowest BCUT2D eigenvalue weighted by atomic mass is 10.2. The van der Waals surface area contributed by atoms with Gasteiger partial charge >= 0.3 is 0 Å². The molecule has 0 unspecified atom stereocenters. The van der Waals surface area contributed by atoms with Gasteiger partial charge in [-0.25, -0.2) is 4.39 Å². The first kappa shape index (κ1) is 14.5. The van der Waals surface area contributed by atoms with E-state index in [1.165, 1.54) is 12.1 Å². The molecule has 0 aliphatic carbocycles. The maximum Gasteiger partial charge on any atom is 0.262 e. The maximum atomic E-state index is 13.1. The average Bonchev–Trinajstić information content (AvgIpc) is 2.49. The molecule has 0 atom stereocenters. The number of amides is 1. The summed E-state index contributed by atoms with van der Waals surface area (Å²) in [6, 6.07) is 12.8. The number of anilines is 1. The predicted molar refractivity (Wildman–Crippen MR) is 76.4 cm³/mol.